The van der Waals surface area contributed by atoms with Crippen molar-refractivity contribution in [1.29, 1.82) is 0 Å². The van der Waals surface area contributed by atoms with E-state index < -0.39 is 37.4 Å². The van der Waals surface area contributed by atoms with E-state index >= 15 is 0 Å². The van der Waals surface area contributed by atoms with Crippen LogP contribution in [-0.4, -0.2) is 19.4 Å². The molecule has 4 aromatic rings. The molecule has 0 aromatic heterocycles. The van der Waals surface area contributed by atoms with Crippen LogP contribution in [0.4, 0.5) is 0 Å². The summed E-state index contributed by atoms with van der Waals surface area (Å²) in [7, 11) is -3.01. The Morgan fingerprint density at radius 2 is 0.852 bits per heavy atom. The predicted octanol–water partition coefficient (Wildman–Crippen LogP) is 13.6. The second-order valence-electron chi connectivity index (χ2n) is 18.5. The van der Waals surface area contributed by atoms with Gasteiger partial charge in [0.1, 0.15) is 0 Å². The molecule has 2 aliphatic rings. The molecule has 0 fully saturated rings. The van der Waals surface area contributed by atoms with E-state index in [2.05, 4.69) is 192 Å². The molecule has 0 aliphatic heterocycles. The zero-order valence-corrected chi connectivity index (χ0v) is 40.2. The van der Waals surface area contributed by atoms with Crippen molar-refractivity contribution in [2.75, 3.05) is 0 Å². The summed E-state index contributed by atoms with van der Waals surface area (Å²) in [6, 6.07) is 43.5. The molecule has 0 N–H and O–H groups in total. The van der Waals surface area contributed by atoms with Crippen LogP contribution in [0.3, 0.4) is 0 Å². The molecule has 0 saturated heterocycles. The molecule has 6 rings (SSSR count). The van der Waals surface area contributed by atoms with Crippen LogP contribution in [0.2, 0.25) is 39.9 Å². The molecule has 0 unspecified atom stereocenters. The standard InChI is InChI=1S/C25H38Si2.C21H25.C5H5.Zr/c1-7-26(8-2,9-3)24-17-13-22(14-18-24)21-23-15-19-25(20-16-23)27(10-4,11-5)12-6;1-20(2,3)16-7-9-18-14(12-16)11-15-13-17(21(4,5)6)8-10-19(15)18;1-2-4-5-3-1;/h13-20H,7-12H2,1-6H3;7-13H,1-6H3;1-5H;. The topological polar surface area (TPSA) is 0 Å². The van der Waals surface area contributed by atoms with Crippen LogP contribution in [-0.2, 0) is 32.1 Å². The van der Waals surface area contributed by atoms with Gasteiger partial charge < -0.3 is 0 Å². The van der Waals surface area contributed by atoms with E-state index in [9.17, 15) is 0 Å². The maximum absolute atomic E-state index is 2.82. The molecule has 0 atom stereocenters. The number of rotatable bonds is 12. The fourth-order valence-corrected chi connectivity index (χ4v) is 26.4. The average molecular weight is 829 g/mol. The summed E-state index contributed by atoms with van der Waals surface area (Å²) in [5.41, 5.74) is 12.1. The van der Waals surface area contributed by atoms with Crippen molar-refractivity contribution >= 4 is 29.7 Å². The van der Waals surface area contributed by atoms with E-state index in [0.29, 0.717) is 7.25 Å². The molecule has 0 amide bonds. The molecule has 0 bridgehead atoms. The van der Waals surface area contributed by atoms with Gasteiger partial charge in [0.15, 0.2) is 0 Å². The summed E-state index contributed by atoms with van der Waals surface area (Å²) < 4.78 is 2.59. The van der Waals surface area contributed by atoms with Crippen LogP contribution in [0.25, 0.3) is 11.1 Å². The molecule has 2 aliphatic carbocycles. The Kier molecular flexibility index (Phi) is 12.3. The third kappa shape index (κ3) is 7.53. The van der Waals surface area contributed by atoms with Gasteiger partial charge in [-0.1, -0.05) is 0 Å². The van der Waals surface area contributed by atoms with E-state index in [1.807, 2.05) is 0 Å². The van der Waals surface area contributed by atoms with Crippen molar-refractivity contribution in [3.05, 3.63) is 143 Å². The maximum atomic E-state index is 2.64. The molecule has 54 heavy (non-hydrogen) atoms. The van der Waals surface area contributed by atoms with Gasteiger partial charge in [0.25, 0.3) is 0 Å². The monoisotopic (exact) mass is 826 g/mol. The molecule has 0 nitrogen and oxygen atoms in total. The van der Waals surface area contributed by atoms with Gasteiger partial charge >= 0.3 is 342 Å². The van der Waals surface area contributed by atoms with Crippen LogP contribution in [0.1, 0.15) is 120 Å². The van der Waals surface area contributed by atoms with Gasteiger partial charge in [-0.15, -0.1) is 0 Å². The Morgan fingerprint density at radius 3 is 1.17 bits per heavy atom. The minimum absolute atomic E-state index is 0.0856. The van der Waals surface area contributed by atoms with Gasteiger partial charge in [0.05, 0.1) is 0 Å². The first kappa shape index (κ1) is 41.2. The summed E-state index contributed by atoms with van der Waals surface area (Å²) >= 11 is -2.82. The fourth-order valence-electron chi connectivity index (χ4n) is 9.88. The number of hydrogen-bond acceptors (Lipinski definition) is 0. The van der Waals surface area contributed by atoms with Crippen molar-refractivity contribution in [2.24, 2.45) is 0 Å². The van der Waals surface area contributed by atoms with E-state index in [-0.39, 0.29) is 10.8 Å². The first-order valence-electron chi connectivity index (χ1n) is 21.3. The third-order valence-electron chi connectivity index (χ3n) is 14.1. The molecule has 284 valence electrons. The predicted molar refractivity (Wildman–Crippen MR) is 243 cm³/mol. The van der Waals surface area contributed by atoms with Crippen LogP contribution >= 0.6 is 0 Å². The summed E-state index contributed by atoms with van der Waals surface area (Å²) in [6.45, 7) is 28.9. The third-order valence-corrected chi connectivity index (χ3v) is 33.9. The van der Waals surface area contributed by atoms with Crippen molar-refractivity contribution < 1.29 is 21.3 Å². The van der Waals surface area contributed by atoms with Crippen LogP contribution < -0.4 is 10.4 Å². The van der Waals surface area contributed by atoms with Crippen molar-refractivity contribution in [3.63, 3.8) is 0 Å². The fraction of sp³-hybridized carbons (Fsp3) is 0.431. The van der Waals surface area contributed by atoms with Crippen molar-refractivity contribution in [3.8, 4) is 11.1 Å². The second kappa shape index (κ2) is 16.2. The number of benzene rings is 4. The molecule has 0 saturated carbocycles. The number of hydrogen-bond donors (Lipinski definition) is 0. The quantitative estimate of drug-likeness (QED) is 0.125. The van der Waals surface area contributed by atoms with Crippen LogP contribution in [0.5, 0.6) is 0 Å². The molecular formula is C51H68Si2Zr. The van der Waals surface area contributed by atoms with E-state index in [1.165, 1.54) is 69.6 Å². The van der Waals surface area contributed by atoms with Crippen molar-refractivity contribution in [1.82, 2.24) is 0 Å². The van der Waals surface area contributed by atoms with Crippen LogP contribution in [0, 0.1) is 0 Å². The Bertz CT molecular complexity index is 1880. The van der Waals surface area contributed by atoms with E-state index in [1.54, 1.807) is 24.7 Å². The van der Waals surface area contributed by atoms with Gasteiger partial charge in [0, 0.05) is 0 Å². The zero-order chi connectivity index (χ0) is 39.1. The Hall–Kier alpha value is -2.45. The first-order valence-corrected chi connectivity index (χ1v) is 30.6. The van der Waals surface area contributed by atoms with Gasteiger partial charge in [-0.25, -0.2) is 0 Å². The van der Waals surface area contributed by atoms with Crippen molar-refractivity contribution in [2.45, 2.75) is 137 Å². The minimum atomic E-state index is -2.82. The van der Waals surface area contributed by atoms with Crippen LogP contribution in [0.15, 0.2) is 109 Å². The number of fused-ring (bicyclic) bond motifs is 3. The first-order chi connectivity index (χ1) is 25.7. The molecule has 0 spiro atoms. The summed E-state index contributed by atoms with van der Waals surface area (Å²) in [5.74, 6) is 0. The summed E-state index contributed by atoms with van der Waals surface area (Å²) in [4.78, 5) is 0. The van der Waals surface area contributed by atoms with Gasteiger partial charge in [0.2, 0.25) is 0 Å². The van der Waals surface area contributed by atoms with Gasteiger partial charge in [-0.05, 0) is 0 Å². The molecular weight excluding hydrogens is 760 g/mol. The summed E-state index contributed by atoms with van der Waals surface area (Å²) in [5, 5.41) is 3.29. The van der Waals surface area contributed by atoms with E-state index in [0.717, 1.165) is 0 Å². The molecule has 0 radical (unpaired) electrons. The SMILES string of the molecule is CC[Si](CC)(CC)c1ccc([C](c2ccc([Si](CC)(CC)CC)cc2)=[Zr]([CH]2C=CC=C2)[CH]2c3cc(C(C)(C)C)ccc3-c3ccc(C(C)(C)C)cc32)cc1. The summed E-state index contributed by atoms with van der Waals surface area (Å²) in [6.07, 6.45) is 9.83. The average Bonchev–Trinajstić information content (AvgIpc) is 3.82. The van der Waals surface area contributed by atoms with Gasteiger partial charge in [-0.2, -0.15) is 0 Å². The second-order valence-corrected chi connectivity index (χ2v) is 35.5. The Morgan fingerprint density at radius 1 is 0.500 bits per heavy atom. The Balaban J connectivity index is 1.72. The molecule has 0 heterocycles. The van der Waals surface area contributed by atoms with E-state index in [4.69, 9.17) is 0 Å². The molecule has 3 heteroatoms. The Labute approximate surface area is 339 Å². The molecule has 4 aromatic carbocycles. The zero-order valence-electron chi connectivity index (χ0n) is 35.8. The number of allylic oxidation sites excluding steroid dienone is 4. The van der Waals surface area contributed by atoms with Gasteiger partial charge in [-0.3, -0.25) is 0 Å². The normalized spacial score (nSPS) is 14.8.